The van der Waals surface area contributed by atoms with Gasteiger partial charge in [-0.15, -0.1) is 0 Å². The molecule has 0 bridgehead atoms. The van der Waals surface area contributed by atoms with Crippen molar-refractivity contribution < 1.29 is 14.2 Å². The summed E-state index contributed by atoms with van der Waals surface area (Å²) in [6.45, 7) is 8.02. The number of aliphatic imine (C=N–C) groups is 1. The lowest BCUT2D eigenvalue weighted by Crippen LogP contribution is -2.45. The fourth-order valence-electron chi connectivity index (χ4n) is 3.95. The van der Waals surface area contributed by atoms with Crippen molar-refractivity contribution in [3.05, 3.63) is 29.3 Å². The summed E-state index contributed by atoms with van der Waals surface area (Å²) in [5, 5.41) is 6.92. The van der Waals surface area contributed by atoms with Crippen LogP contribution in [0.15, 0.2) is 23.2 Å². The average Bonchev–Trinajstić information content (AvgIpc) is 3.39. The van der Waals surface area contributed by atoms with Gasteiger partial charge in [0.25, 0.3) is 0 Å². The maximum absolute atomic E-state index is 6.20. The van der Waals surface area contributed by atoms with Gasteiger partial charge in [-0.2, -0.15) is 0 Å². The van der Waals surface area contributed by atoms with Crippen molar-refractivity contribution in [1.29, 1.82) is 0 Å². The van der Waals surface area contributed by atoms with Crippen LogP contribution in [-0.2, 0) is 16.0 Å². The van der Waals surface area contributed by atoms with E-state index in [0.717, 1.165) is 56.5 Å². The van der Waals surface area contributed by atoms with Crippen molar-refractivity contribution in [1.82, 2.24) is 15.5 Å². The molecule has 1 aromatic carbocycles. The van der Waals surface area contributed by atoms with Gasteiger partial charge < -0.3 is 24.8 Å². The molecule has 2 saturated heterocycles. The Morgan fingerprint density at radius 2 is 2.21 bits per heavy atom. The summed E-state index contributed by atoms with van der Waals surface area (Å²) in [7, 11) is 3.58. The first-order valence-corrected chi connectivity index (χ1v) is 10.7. The minimum absolute atomic E-state index is 0.147. The van der Waals surface area contributed by atoms with Gasteiger partial charge in [0.2, 0.25) is 0 Å². The molecule has 162 valence electrons. The normalized spacial score (nSPS) is 22.8. The molecule has 2 atom stereocenters. The van der Waals surface area contributed by atoms with E-state index in [4.69, 9.17) is 14.2 Å². The van der Waals surface area contributed by atoms with Crippen LogP contribution in [-0.4, -0.2) is 76.6 Å². The number of hydrogen-bond acceptors (Lipinski definition) is 5. The fourth-order valence-corrected chi connectivity index (χ4v) is 3.95. The number of guanidine groups is 1. The maximum atomic E-state index is 6.20. The Morgan fingerprint density at radius 3 is 2.97 bits per heavy atom. The zero-order chi connectivity index (χ0) is 20.5. The van der Waals surface area contributed by atoms with Gasteiger partial charge in [0.1, 0.15) is 11.9 Å². The topological polar surface area (TPSA) is 67.4 Å². The first kappa shape index (κ1) is 21.9. The number of hydrogen-bond donors (Lipinski definition) is 2. The van der Waals surface area contributed by atoms with Gasteiger partial charge >= 0.3 is 0 Å². The van der Waals surface area contributed by atoms with E-state index < -0.39 is 0 Å². The Bertz CT molecular complexity index is 661. The summed E-state index contributed by atoms with van der Waals surface area (Å²) in [5.41, 5.74) is 2.33. The second-order valence-corrected chi connectivity index (χ2v) is 7.85. The third-order valence-electron chi connectivity index (χ3n) is 5.66. The lowest BCUT2D eigenvalue weighted by molar-refractivity contribution is 0.140. The molecule has 7 heteroatoms. The molecule has 2 unspecified atom stereocenters. The van der Waals surface area contributed by atoms with E-state index in [9.17, 15) is 0 Å². The Balaban J connectivity index is 1.51. The highest BCUT2D eigenvalue weighted by Crippen LogP contribution is 2.24. The van der Waals surface area contributed by atoms with E-state index in [0.29, 0.717) is 19.2 Å². The van der Waals surface area contributed by atoms with Crippen molar-refractivity contribution in [3.63, 3.8) is 0 Å². The van der Waals surface area contributed by atoms with Crippen molar-refractivity contribution in [3.8, 4) is 5.75 Å². The number of nitrogens with one attached hydrogen (secondary N) is 2. The molecule has 0 aliphatic carbocycles. The minimum atomic E-state index is 0.147. The largest absolute Gasteiger partial charge is 0.488 e. The Morgan fingerprint density at radius 1 is 1.31 bits per heavy atom. The van der Waals surface area contributed by atoms with Crippen LogP contribution in [0.1, 0.15) is 30.4 Å². The molecule has 3 rings (SSSR count). The number of methoxy groups -OCH3 is 1. The maximum Gasteiger partial charge on any atom is 0.191 e. The Labute approximate surface area is 174 Å². The predicted molar refractivity (Wildman–Crippen MR) is 116 cm³/mol. The first-order chi connectivity index (χ1) is 14.2. The average molecular weight is 405 g/mol. The molecular weight excluding hydrogens is 368 g/mol. The van der Waals surface area contributed by atoms with Crippen LogP contribution >= 0.6 is 0 Å². The number of ether oxygens (including phenoxy) is 3. The molecule has 2 aliphatic rings. The van der Waals surface area contributed by atoms with Gasteiger partial charge in [0.15, 0.2) is 5.96 Å². The lowest BCUT2D eigenvalue weighted by atomic mass is 10.1. The standard InChI is InChI=1S/C22H36N4O3/c1-17-6-7-18(21(13-17)29-20-8-11-28-16-20)14-24-22(23-2)25-15-19-5-4-9-26(19)10-12-27-3/h6-7,13,19-20H,4-5,8-12,14-16H2,1-3H3,(H2,23,24,25). The van der Waals surface area contributed by atoms with Crippen LogP contribution < -0.4 is 15.4 Å². The Hall–Kier alpha value is -1.83. The van der Waals surface area contributed by atoms with Gasteiger partial charge in [0, 0.05) is 51.8 Å². The number of nitrogens with zero attached hydrogens (tertiary/aromatic N) is 2. The molecule has 2 aliphatic heterocycles. The minimum Gasteiger partial charge on any atom is -0.488 e. The quantitative estimate of drug-likeness (QED) is 0.484. The number of likely N-dealkylation sites (tertiary alicyclic amines) is 1. The summed E-state index contributed by atoms with van der Waals surface area (Å²) in [4.78, 5) is 6.89. The highest BCUT2D eigenvalue weighted by molar-refractivity contribution is 5.79. The van der Waals surface area contributed by atoms with Crippen molar-refractivity contribution in [2.24, 2.45) is 4.99 Å². The highest BCUT2D eigenvalue weighted by atomic mass is 16.5. The molecule has 1 aromatic rings. The van der Waals surface area contributed by atoms with E-state index in [1.807, 2.05) is 7.05 Å². The van der Waals surface area contributed by atoms with Gasteiger partial charge in [-0.1, -0.05) is 12.1 Å². The summed E-state index contributed by atoms with van der Waals surface area (Å²) in [6, 6.07) is 6.89. The van der Waals surface area contributed by atoms with E-state index in [2.05, 4.69) is 45.6 Å². The summed E-state index contributed by atoms with van der Waals surface area (Å²) in [6.07, 6.45) is 3.56. The van der Waals surface area contributed by atoms with Gasteiger partial charge in [-0.25, -0.2) is 0 Å². The molecule has 29 heavy (non-hydrogen) atoms. The molecular formula is C22H36N4O3. The van der Waals surface area contributed by atoms with Crippen LogP contribution in [0.4, 0.5) is 0 Å². The third kappa shape index (κ3) is 6.59. The fraction of sp³-hybridized carbons (Fsp3) is 0.682. The number of benzene rings is 1. The third-order valence-corrected chi connectivity index (χ3v) is 5.66. The molecule has 0 amide bonds. The molecule has 2 heterocycles. The van der Waals surface area contributed by atoms with E-state index in [1.165, 1.54) is 18.4 Å². The van der Waals surface area contributed by atoms with Crippen LogP contribution in [0.2, 0.25) is 0 Å². The molecule has 0 saturated carbocycles. The van der Waals surface area contributed by atoms with Gasteiger partial charge in [-0.05, 0) is 37.9 Å². The predicted octanol–water partition coefficient (Wildman–Crippen LogP) is 1.94. The van der Waals surface area contributed by atoms with Crippen molar-refractivity contribution in [2.75, 3.05) is 53.6 Å². The number of rotatable bonds is 9. The highest BCUT2D eigenvalue weighted by Gasteiger charge is 2.24. The summed E-state index contributed by atoms with van der Waals surface area (Å²) < 4.78 is 16.9. The monoisotopic (exact) mass is 404 g/mol. The van der Waals surface area contributed by atoms with Crippen LogP contribution in [0.5, 0.6) is 5.75 Å². The molecule has 2 N–H and O–H groups in total. The second kappa shape index (κ2) is 11.4. The summed E-state index contributed by atoms with van der Waals surface area (Å²) in [5.74, 6) is 1.75. The van der Waals surface area contributed by atoms with E-state index in [1.54, 1.807) is 7.11 Å². The van der Waals surface area contributed by atoms with Gasteiger partial charge in [-0.3, -0.25) is 9.89 Å². The van der Waals surface area contributed by atoms with Crippen molar-refractivity contribution >= 4 is 5.96 Å². The zero-order valence-electron chi connectivity index (χ0n) is 18.1. The van der Waals surface area contributed by atoms with E-state index in [-0.39, 0.29) is 6.10 Å². The Kier molecular flexibility index (Phi) is 8.58. The molecule has 0 aromatic heterocycles. The molecule has 0 spiro atoms. The molecule has 0 radical (unpaired) electrons. The number of aryl methyl sites for hydroxylation is 1. The summed E-state index contributed by atoms with van der Waals surface area (Å²) >= 11 is 0. The SMILES string of the molecule is CN=C(NCc1ccc(C)cc1OC1CCOC1)NCC1CCCN1CCOC. The lowest BCUT2D eigenvalue weighted by Gasteiger charge is -2.25. The molecule has 2 fully saturated rings. The van der Waals surface area contributed by atoms with Crippen molar-refractivity contribution in [2.45, 2.75) is 44.9 Å². The smallest absolute Gasteiger partial charge is 0.191 e. The van der Waals surface area contributed by atoms with Crippen LogP contribution in [0.25, 0.3) is 0 Å². The second-order valence-electron chi connectivity index (χ2n) is 7.85. The zero-order valence-corrected chi connectivity index (χ0v) is 18.1. The van der Waals surface area contributed by atoms with Gasteiger partial charge in [0.05, 0.1) is 19.8 Å². The van der Waals surface area contributed by atoms with Crippen LogP contribution in [0, 0.1) is 6.92 Å². The van der Waals surface area contributed by atoms with Crippen LogP contribution in [0.3, 0.4) is 0 Å². The first-order valence-electron chi connectivity index (χ1n) is 10.7. The molecule has 7 nitrogen and oxygen atoms in total. The van der Waals surface area contributed by atoms with E-state index >= 15 is 0 Å².